The third kappa shape index (κ3) is 4.00. The molecule has 1 aliphatic rings. The molecule has 4 rings (SSSR count). The number of anilines is 2. The molecule has 128 valence electrons. The van der Waals surface area contributed by atoms with Gasteiger partial charge in [0.2, 0.25) is 5.95 Å². The van der Waals surface area contributed by atoms with E-state index < -0.39 is 0 Å². The van der Waals surface area contributed by atoms with Crippen LogP contribution in [0.5, 0.6) is 0 Å². The highest BCUT2D eigenvalue weighted by Gasteiger charge is 2.22. The van der Waals surface area contributed by atoms with Crippen LogP contribution in [0.4, 0.5) is 11.8 Å². The van der Waals surface area contributed by atoms with Gasteiger partial charge in [-0.05, 0) is 49.1 Å². The van der Waals surface area contributed by atoms with Crippen LogP contribution in [-0.2, 0) is 6.54 Å². The molecular weight excluding hydrogens is 314 g/mol. The maximum absolute atomic E-state index is 4.39. The van der Waals surface area contributed by atoms with Gasteiger partial charge in [-0.15, -0.1) is 0 Å². The summed E-state index contributed by atoms with van der Waals surface area (Å²) in [5.74, 6) is 2.88. The van der Waals surface area contributed by atoms with Gasteiger partial charge in [0, 0.05) is 37.5 Å². The number of nitrogens with zero attached hydrogens (tertiary/aromatic N) is 5. The van der Waals surface area contributed by atoms with Gasteiger partial charge < -0.3 is 10.3 Å². The molecule has 0 spiro atoms. The fraction of sp³-hybridized carbons (Fsp3) is 0.333. The summed E-state index contributed by atoms with van der Waals surface area (Å²) in [5, 5.41) is 3.17. The van der Waals surface area contributed by atoms with Crippen molar-refractivity contribution in [2.24, 2.45) is 0 Å². The zero-order valence-electron chi connectivity index (χ0n) is 14.0. The van der Waals surface area contributed by atoms with Gasteiger partial charge in [0.05, 0.1) is 6.54 Å². The van der Waals surface area contributed by atoms with Gasteiger partial charge in [-0.3, -0.25) is 4.90 Å². The lowest BCUT2D eigenvalue weighted by Gasteiger charge is -2.32. The number of likely N-dealkylation sites (tertiary alicyclic amines) is 1. The first-order chi connectivity index (χ1) is 12.4. The number of hydrogen-bond donors (Lipinski definition) is 2. The first-order valence-electron chi connectivity index (χ1n) is 8.57. The monoisotopic (exact) mass is 335 g/mol. The van der Waals surface area contributed by atoms with Crippen LogP contribution in [0.15, 0.2) is 49.2 Å². The average molecular weight is 335 g/mol. The van der Waals surface area contributed by atoms with Crippen molar-refractivity contribution in [3.63, 3.8) is 0 Å². The van der Waals surface area contributed by atoms with Crippen molar-refractivity contribution in [2.45, 2.75) is 25.3 Å². The maximum atomic E-state index is 4.39. The van der Waals surface area contributed by atoms with Crippen molar-refractivity contribution in [3.05, 3.63) is 60.6 Å². The van der Waals surface area contributed by atoms with Crippen molar-refractivity contribution in [1.82, 2.24) is 29.8 Å². The first kappa shape index (κ1) is 15.7. The third-order valence-electron chi connectivity index (χ3n) is 4.49. The lowest BCUT2D eigenvalue weighted by Crippen LogP contribution is -2.34. The highest BCUT2D eigenvalue weighted by atomic mass is 15.2. The van der Waals surface area contributed by atoms with Crippen LogP contribution >= 0.6 is 0 Å². The number of imidazole rings is 1. The van der Waals surface area contributed by atoms with E-state index >= 15 is 0 Å². The standard InChI is InChI=1S/C18H21N7/c1-3-15(12-25(10-1)13-17-20-8-9-21-17)14-4-7-19-16(11-14)24-18-22-5-2-6-23-18/h2,4-9,11,15H,1,3,10,12-13H2,(H,20,21)(H,19,22,23,24). The Morgan fingerprint density at radius 1 is 1.12 bits per heavy atom. The topological polar surface area (TPSA) is 82.6 Å². The first-order valence-corrected chi connectivity index (χ1v) is 8.57. The van der Waals surface area contributed by atoms with Gasteiger partial charge in [0.15, 0.2) is 0 Å². The molecule has 1 unspecified atom stereocenters. The van der Waals surface area contributed by atoms with Crippen molar-refractivity contribution in [1.29, 1.82) is 0 Å². The molecule has 1 atom stereocenters. The zero-order chi connectivity index (χ0) is 16.9. The summed E-state index contributed by atoms with van der Waals surface area (Å²) in [6.45, 7) is 3.02. The van der Waals surface area contributed by atoms with Crippen LogP contribution in [0.1, 0.15) is 30.1 Å². The number of pyridine rings is 1. The molecule has 7 heteroatoms. The van der Waals surface area contributed by atoms with Gasteiger partial charge in [-0.25, -0.2) is 19.9 Å². The summed E-state index contributed by atoms with van der Waals surface area (Å²) >= 11 is 0. The fourth-order valence-corrected chi connectivity index (χ4v) is 3.31. The summed E-state index contributed by atoms with van der Waals surface area (Å²) in [5.41, 5.74) is 1.30. The lowest BCUT2D eigenvalue weighted by molar-refractivity contribution is 0.196. The molecule has 0 radical (unpaired) electrons. The Bertz CT molecular complexity index is 788. The van der Waals surface area contributed by atoms with E-state index in [4.69, 9.17) is 0 Å². The Hall–Kier alpha value is -2.80. The molecule has 0 bridgehead atoms. The second-order valence-electron chi connectivity index (χ2n) is 6.28. The molecule has 1 saturated heterocycles. The number of rotatable bonds is 5. The van der Waals surface area contributed by atoms with Crippen LogP contribution in [0.2, 0.25) is 0 Å². The third-order valence-corrected chi connectivity index (χ3v) is 4.49. The number of hydrogen-bond acceptors (Lipinski definition) is 6. The molecule has 4 heterocycles. The second-order valence-corrected chi connectivity index (χ2v) is 6.28. The van der Waals surface area contributed by atoms with Crippen LogP contribution in [0, 0.1) is 0 Å². The summed E-state index contributed by atoms with van der Waals surface area (Å²) in [4.78, 5) is 22.8. The highest BCUT2D eigenvalue weighted by Crippen LogP contribution is 2.28. The Morgan fingerprint density at radius 2 is 2.04 bits per heavy atom. The number of nitrogens with one attached hydrogen (secondary N) is 2. The summed E-state index contributed by atoms with van der Waals surface area (Å²) in [6, 6.07) is 6.01. The van der Waals surface area contributed by atoms with E-state index in [0.717, 1.165) is 31.3 Å². The van der Waals surface area contributed by atoms with E-state index in [1.165, 1.54) is 18.4 Å². The Labute approximate surface area is 146 Å². The van der Waals surface area contributed by atoms with Crippen molar-refractivity contribution in [2.75, 3.05) is 18.4 Å². The number of H-pyrrole nitrogens is 1. The van der Waals surface area contributed by atoms with Crippen molar-refractivity contribution < 1.29 is 0 Å². The van der Waals surface area contributed by atoms with E-state index in [9.17, 15) is 0 Å². The van der Waals surface area contributed by atoms with Crippen LogP contribution < -0.4 is 5.32 Å². The zero-order valence-corrected chi connectivity index (χ0v) is 14.0. The van der Waals surface area contributed by atoms with Gasteiger partial charge in [0.25, 0.3) is 0 Å². The molecule has 2 N–H and O–H groups in total. The van der Waals surface area contributed by atoms with E-state index in [1.54, 1.807) is 18.5 Å². The molecule has 7 nitrogen and oxygen atoms in total. The number of piperidine rings is 1. The molecule has 0 aliphatic carbocycles. The minimum atomic E-state index is 0.504. The average Bonchev–Trinajstić information content (AvgIpc) is 3.16. The van der Waals surface area contributed by atoms with Crippen LogP contribution in [0.3, 0.4) is 0 Å². The summed E-state index contributed by atoms with van der Waals surface area (Å²) in [7, 11) is 0. The number of aromatic nitrogens is 5. The van der Waals surface area contributed by atoms with Gasteiger partial charge in [0.1, 0.15) is 11.6 Å². The van der Waals surface area contributed by atoms with Gasteiger partial charge >= 0.3 is 0 Å². The van der Waals surface area contributed by atoms with Crippen LogP contribution in [-0.4, -0.2) is 42.9 Å². The predicted molar refractivity (Wildman–Crippen MR) is 95.4 cm³/mol. The molecule has 25 heavy (non-hydrogen) atoms. The highest BCUT2D eigenvalue weighted by molar-refractivity contribution is 5.48. The van der Waals surface area contributed by atoms with Crippen LogP contribution in [0.25, 0.3) is 0 Å². The van der Waals surface area contributed by atoms with Gasteiger partial charge in [-0.1, -0.05) is 0 Å². The van der Waals surface area contributed by atoms with E-state index in [2.05, 4.69) is 47.3 Å². The normalized spacial score (nSPS) is 18.2. The molecule has 3 aromatic rings. The smallest absolute Gasteiger partial charge is 0.228 e. The fourth-order valence-electron chi connectivity index (χ4n) is 3.31. The van der Waals surface area contributed by atoms with E-state index in [-0.39, 0.29) is 0 Å². The van der Waals surface area contributed by atoms with Crippen molar-refractivity contribution >= 4 is 11.8 Å². The molecule has 1 fully saturated rings. The predicted octanol–water partition coefficient (Wildman–Crippen LogP) is 2.72. The quantitative estimate of drug-likeness (QED) is 0.746. The molecule has 0 aromatic carbocycles. The SMILES string of the molecule is c1cnc(Nc2cc(C3CCCN(Cc4ncc[nH]4)C3)ccn2)nc1. The van der Waals surface area contributed by atoms with Crippen molar-refractivity contribution in [3.8, 4) is 0 Å². The molecule has 0 saturated carbocycles. The minimum Gasteiger partial charge on any atom is -0.348 e. The summed E-state index contributed by atoms with van der Waals surface area (Å²) < 4.78 is 0. The summed E-state index contributed by atoms with van der Waals surface area (Å²) in [6.07, 6.45) is 11.4. The molecule has 1 aliphatic heterocycles. The second kappa shape index (κ2) is 7.40. The van der Waals surface area contributed by atoms with E-state index in [1.807, 2.05) is 18.6 Å². The molecule has 3 aromatic heterocycles. The Kier molecular flexibility index (Phi) is 4.65. The molecular formula is C18H21N7. The molecule has 0 amide bonds. The van der Waals surface area contributed by atoms with E-state index in [0.29, 0.717) is 11.9 Å². The largest absolute Gasteiger partial charge is 0.348 e. The lowest BCUT2D eigenvalue weighted by atomic mass is 9.91. The minimum absolute atomic E-state index is 0.504. The maximum Gasteiger partial charge on any atom is 0.228 e. The Morgan fingerprint density at radius 3 is 2.88 bits per heavy atom. The number of aromatic amines is 1. The Balaban J connectivity index is 1.44. The van der Waals surface area contributed by atoms with Gasteiger partial charge in [-0.2, -0.15) is 0 Å².